The maximum atomic E-state index is 13.8. The molecule has 0 unspecified atom stereocenters. The third-order valence-corrected chi connectivity index (χ3v) is 5.48. The second-order valence-electron chi connectivity index (χ2n) is 7.29. The van der Waals surface area contributed by atoms with Crippen LogP contribution in [0.15, 0.2) is 53.7 Å². The zero-order chi connectivity index (χ0) is 20.1. The smallest absolute Gasteiger partial charge is 0.237 e. The normalized spacial score (nSPS) is 15.4. The molecule has 1 aromatic carbocycles. The van der Waals surface area contributed by atoms with Crippen molar-refractivity contribution >= 4 is 22.2 Å². The third-order valence-electron chi connectivity index (χ3n) is 5.48. The fourth-order valence-electron chi connectivity index (χ4n) is 4.02. The van der Waals surface area contributed by atoms with Gasteiger partial charge in [0.2, 0.25) is 5.95 Å². The van der Waals surface area contributed by atoms with Gasteiger partial charge in [-0.05, 0) is 31.0 Å². The SMILES string of the molecule is Fc1ccc2ncn(-c3ncc4nc(-c5ccoc5)n(C5CCOCC5)c4n3)c2c1. The van der Waals surface area contributed by atoms with E-state index in [0.29, 0.717) is 35.7 Å². The highest BCUT2D eigenvalue weighted by Crippen LogP contribution is 2.32. The number of halogens is 1. The quantitative estimate of drug-likeness (QED) is 0.453. The van der Waals surface area contributed by atoms with Gasteiger partial charge in [-0.25, -0.2) is 19.3 Å². The molecule has 1 fully saturated rings. The summed E-state index contributed by atoms with van der Waals surface area (Å²) in [5, 5.41) is 0. The van der Waals surface area contributed by atoms with Crippen molar-refractivity contribution in [2.45, 2.75) is 18.9 Å². The van der Waals surface area contributed by atoms with Crippen molar-refractivity contribution in [3.8, 4) is 17.3 Å². The van der Waals surface area contributed by atoms with Gasteiger partial charge in [-0.2, -0.15) is 4.98 Å². The lowest BCUT2D eigenvalue weighted by atomic mass is 10.1. The molecular weight excluding hydrogens is 387 g/mol. The molecule has 9 heteroatoms. The molecule has 1 aliphatic rings. The number of furan rings is 1. The Balaban J connectivity index is 1.57. The third kappa shape index (κ3) is 2.70. The van der Waals surface area contributed by atoms with Gasteiger partial charge in [0.1, 0.15) is 29.7 Å². The van der Waals surface area contributed by atoms with E-state index >= 15 is 0 Å². The van der Waals surface area contributed by atoms with Gasteiger partial charge in [0, 0.05) is 25.3 Å². The van der Waals surface area contributed by atoms with Crippen LogP contribution in [0.2, 0.25) is 0 Å². The topological polar surface area (TPSA) is 83.8 Å². The fourth-order valence-corrected chi connectivity index (χ4v) is 4.02. The number of aromatic nitrogens is 6. The van der Waals surface area contributed by atoms with Crippen LogP contribution in [0.3, 0.4) is 0 Å². The number of imidazole rings is 2. The summed E-state index contributed by atoms with van der Waals surface area (Å²) in [6, 6.07) is 6.55. The molecule has 0 saturated carbocycles. The van der Waals surface area contributed by atoms with Crippen LogP contribution in [0.1, 0.15) is 18.9 Å². The van der Waals surface area contributed by atoms with Gasteiger partial charge in [0.05, 0.1) is 29.1 Å². The van der Waals surface area contributed by atoms with Gasteiger partial charge in [0.25, 0.3) is 0 Å². The first kappa shape index (κ1) is 17.3. The lowest BCUT2D eigenvalue weighted by Crippen LogP contribution is -2.20. The second kappa shape index (κ2) is 6.74. The summed E-state index contributed by atoms with van der Waals surface area (Å²) in [4.78, 5) is 18.4. The average molecular weight is 404 g/mol. The number of ether oxygens (including phenoxy) is 1. The molecule has 0 spiro atoms. The predicted molar refractivity (Wildman–Crippen MR) is 107 cm³/mol. The Morgan fingerprint density at radius 1 is 1.03 bits per heavy atom. The molecule has 8 nitrogen and oxygen atoms in total. The molecule has 30 heavy (non-hydrogen) atoms. The van der Waals surface area contributed by atoms with E-state index in [0.717, 1.165) is 29.9 Å². The van der Waals surface area contributed by atoms with Crippen molar-refractivity contribution in [2.24, 2.45) is 0 Å². The Morgan fingerprint density at radius 3 is 2.77 bits per heavy atom. The monoisotopic (exact) mass is 404 g/mol. The van der Waals surface area contributed by atoms with E-state index in [9.17, 15) is 4.39 Å². The number of rotatable bonds is 3. The molecular formula is C21H17FN6O2. The van der Waals surface area contributed by atoms with E-state index < -0.39 is 0 Å². The molecule has 1 saturated heterocycles. The molecule has 1 aliphatic heterocycles. The van der Waals surface area contributed by atoms with Crippen molar-refractivity contribution in [2.75, 3.05) is 13.2 Å². The second-order valence-corrected chi connectivity index (χ2v) is 7.29. The van der Waals surface area contributed by atoms with Crippen molar-refractivity contribution in [1.29, 1.82) is 0 Å². The van der Waals surface area contributed by atoms with Crippen LogP contribution >= 0.6 is 0 Å². The lowest BCUT2D eigenvalue weighted by Gasteiger charge is -2.25. The highest BCUT2D eigenvalue weighted by molar-refractivity contribution is 5.79. The summed E-state index contributed by atoms with van der Waals surface area (Å²) in [5.74, 6) is 0.876. The Bertz CT molecular complexity index is 1350. The molecule has 0 amide bonds. The van der Waals surface area contributed by atoms with E-state index in [1.165, 1.54) is 12.1 Å². The largest absolute Gasteiger partial charge is 0.472 e. The van der Waals surface area contributed by atoms with Crippen LogP contribution in [0.4, 0.5) is 4.39 Å². The van der Waals surface area contributed by atoms with Crippen molar-refractivity contribution < 1.29 is 13.5 Å². The van der Waals surface area contributed by atoms with Crippen LogP contribution in [-0.4, -0.2) is 42.3 Å². The van der Waals surface area contributed by atoms with Crippen LogP contribution in [0.25, 0.3) is 39.5 Å². The van der Waals surface area contributed by atoms with Crippen LogP contribution in [0.5, 0.6) is 0 Å². The molecule has 4 aromatic heterocycles. The Hall–Kier alpha value is -3.59. The van der Waals surface area contributed by atoms with E-state index in [1.54, 1.807) is 35.7 Å². The molecule has 0 bridgehead atoms. The van der Waals surface area contributed by atoms with Gasteiger partial charge in [0.15, 0.2) is 5.65 Å². The summed E-state index contributed by atoms with van der Waals surface area (Å²) >= 11 is 0. The van der Waals surface area contributed by atoms with Crippen molar-refractivity contribution in [3.05, 3.63) is 55.1 Å². The number of hydrogen-bond acceptors (Lipinski definition) is 6. The predicted octanol–water partition coefficient (Wildman–Crippen LogP) is 3.92. The Morgan fingerprint density at radius 2 is 1.93 bits per heavy atom. The van der Waals surface area contributed by atoms with E-state index in [4.69, 9.17) is 19.1 Å². The zero-order valence-corrected chi connectivity index (χ0v) is 15.9. The number of nitrogens with zero attached hydrogens (tertiary/aromatic N) is 6. The highest BCUT2D eigenvalue weighted by atomic mass is 19.1. The minimum Gasteiger partial charge on any atom is -0.472 e. The van der Waals surface area contributed by atoms with Gasteiger partial charge in [-0.3, -0.25) is 4.57 Å². The Kier molecular flexibility index (Phi) is 3.88. The van der Waals surface area contributed by atoms with E-state index in [1.807, 2.05) is 6.07 Å². The first-order chi connectivity index (χ1) is 14.8. The summed E-state index contributed by atoms with van der Waals surface area (Å²) in [6.45, 7) is 1.39. The van der Waals surface area contributed by atoms with Gasteiger partial charge >= 0.3 is 0 Å². The maximum Gasteiger partial charge on any atom is 0.237 e. The van der Waals surface area contributed by atoms with Gasteiger partial charge in [-0.1, -0.05) is 0 Å². The van der Waals surface area contributed by atoms with Crippen molar-refractivity contribution in [3.63, 3.8) is 0 Å². The maximum absolute atomic E-state index is 13.8. The first-order valence-corrected chi connectivity index (χ1v) is 9.76. The molecule has 150 valence electrons. The average Bonchev–Trinajstić information content (AvgIpc) is 3.51. The standard InChI is InChI=1S/C21H17FN6O2/c22-14-1-2-16-18(9-14)27(12-24-16)21-23-10-17-20(26-21)28(15-4-7-29-8-5-15)19(25-17)13-3-6-30-11-13/h1-3,6,9-12,15H,4-5,7-8H2. The van der Waals surface area contributed by atoms with E-state index in [-0.39, 0.29) is 11.9 Å². The molecule has 0 radical (unpaired) electrons. The fraction of sp³-hybridized carbons (Fsp3) is 0.238. The highest BCUT2D eigenvalue weighted by Gasteiger charge is 2.24. The zero-order valence-electron chi connectivity index (χ0n) is 15.9. The number of fused-ring (bicyclic) bond motifs is 2. The van der Waals surface area contributed by atoms with Crippen LogP contribution < -0.4 is 0 Å². The summed E-state index contributed by atoms with van der Waals surface area (Å²) in [7, 11) is 0. The van der Waals surface area contributed by atoms with Crippen LogP contribution in [-0.2, 0) is 4.74 Å². The Labute approximate surface area is 170 Å². The van der Waals surface area contributed by atoms with Crippen molar-refractivity contribution in [1.82, 2.24) is 29.1 Å². The molecule has 5 heterocycles. The summed E-state index contributed by atoms with van der Waals surface area (Å²) in [5.41, 5.74) is 3.59. The minimum atomic E-state index is -0.334. The molecule has 0 aliphatic carbocycles. The van der Waals surface area contributed by atoms with Crippen LogP contribution in [0, 0.1) is 5.82 Å². The summed E-state index contributed by atoms with van der Waals surface area (Å²) in [6.07, 6.45) is 8.35. The molecule has 5 aromatic rings. The van der Waals surface area contributed by atoms with E-state index in [2.05, 4.69) is 14.5 Å². The lowest BCUT2D eigenvalue weighted by molar-refractivity contribution is 0.0708. The number of hydrogen-bond donors (Lipinski definition) is 0. The van der Waals surface area contributed by atoms with Gasteiger partial charge in [-0.15, -0.1) is 0 Å². The summed E-state index contributed by atoms with van der Waals surface area (Å²) < 4.78 is 28.5. The molecule has 0 atom stereocenters. The minimum absolute atomic E-state index is 0.202. The van der Waals surface area contributed by atoms with Gasteiger partial charge < -0.3 is 13.7 Å². The first-order valence-electron chi connectivity index (χ1n) is 9.76. The molecule has 6 rings (SSSR count). The molecule has 0 N–H and O–H groups in total. The number of benzene rings is 1.